The number of imide groups is 1. The molecule has 2 aliphatic carbocycles. The molecular weight excluding hydrogens is 404 g/mol. The standard InChI is InChI=1S/C21H20N4O4S/c1-11-9-17(23-12(2)22-11)24-30(28,29)16-7-5-15(6-8-16)25-20(26)18-13-3-4-14(10-13)19(18)21(25)27/h3-9,13-14,18-19H,10H2,1-2H3,(H,22,23,24)/t13-,14+,18-,19+. The van der Waals surface area contributed by atoms with Gasteiger partial charge in [-0.25, -0.2) is 18.4 Å². The van der Waals surface area contributed by atoms with Gasteiger partial charge in [-0.05, 0) is 56.4 Å². The van der Waals surface area contributed by atoms with Gasteiger partial charge in [0, 0.05) is 11.8 Å². The summed E-state index contributed by atoms with van der Waals surface area (Å²) in [6.07, 6.45) is 4.95. The zero-order valence-corrected chi connectivity index (χ0v) is 17.3. The predicted octanol–water partition coefficient (Wildman–Crippen LogP) is 2.21. The van der Waals surface area contributed by atoms with Crippen LogP contribution in [0.1, 0.15) is 17.9 Å². The molecule has 5 rings (SSSR count). The van der Waals surface area contributed by atoms with Crippen LogP contribution in [-0.2, 0) is 19.6 Å². The summed E-state index contributed by atoms with van der Waals surface area (Å²) in [7, 11) is -3.88. The number of hydrogen-bond acceptors (Lipinski definition) is 6. The molecule has 2 aromatic rings. The van der Waals surface area contributed by atoms with Crippen molar-refractivity contribution in [2.45, 2.75) is 25.2 Å². The maximum atomic E-state index is 12.9. The highest BCUT2D eigenvalue weighted by Gasteiger charge is 2.59. The molecule has 0 radical (unpaired) electrons. The van der Waals surface area contributed by atoms with Crippen molar-refractivity contribution in [2.75, 3.05) is 9.62 Å². The molecule has 4 atom stereocenters. The van der Waals surface area contributed by atoms with Crippen molar-refractivity contribution < 1.29 is 18.0 Å². The molecule has 8 nitrogen and oxygen atoms in total. The number of fused-ring (bicyclic) bond motifs is 5. The Kier molecular flexibility index (Phi) is 4.08. The SMILES string of the molecule is Cc1cc(NS(=O)(=O)c2ccc(N3C(=O)[C@@H]4[C@H](C3=O)[C@@H]3C=C[C@H]4C3)cc2)nc(C)n1. The molecule has 0 spiro atoms. The Morgan fingerprint density at radius 2 is 1.57 bits per heavy atom. The van der Waals surface area contributed by atoms with Gasteiger partial charge in [-0.3, -0.25) is 19.2 Å². The van der Waals surface area contributed by atoms with Gasteiger partial charge in [-0.1, -0.05) is 12.2 Å². The van der Waals surface area contributed by atoms with E-state index in [0.717, 1.165) is 6.42 Å². The highest BCUT2D eigenvalue weighted by Crippen LogP contribution is 2.53. The third kappa shape index (κ3) is 2.84. The number of amides is 2. The van der Waals surface area contributed by atoms with E-state index < -0.39 is 10.0 Å². The molecule has 154 valence electrons. The Hall–Kier alpha value is -3.07. The number of nitrogens with one attached hydrogen (secondary N) is 1. The van der Waals surface area contributed by atoms with Crippen LogP contribution in [-0.4, -0.2) is 30.2 Å². The number of rotatable bonds is 4. The third-order valence-corrected chi connectivity index (χ3v) is 7.45. The first-order valence-corrected chi connectivity index (χ1v) is 11.2. The fourth-order valence-electron chi connectivity index (χ4n) is 4.90. The maximum Gasteiger partial charge on any atom is 0.263 e. The lowest BCUT2D eigenvalue weighted by Gasteiger charge is -2.17. The number of nitrogens with zero attached hydrogens (tertiary/aromatic N) is 3. The molecule has 1 aromatic heterocycles. The number of carbonyl (C=O) groups is 2. The summed E-state index contributed by atoms with van der Waals surface area (Å²) in [5.41, 5.74) is 1.04. The summed E-state index contributed by atoms with van der Waals surface area (Å²) in [5.74, 6) is -0.0586. The minimum Gasteiger partial charge on any atom is -0.274 e. The summed E-state index contributed by atoms with van der Waals surface area (Å²) >= 11 is 0. The van der Waals surface area contributed by atoms with E-state index in [1.807, 2.05) is 12.2 Å². The van der Waals surface area contributed by atoms with Crippen LogP contribution < -0.4 is 9.62 Å². The minimum atomic E-state index is -3.88. The molecule has 1 aliphatic heterocycles. The van der Waals surface area contributed by atoms with E-state index >= 15 is 0 Å². The van der Waals surface area contributed by atoms with Gasteiger partial charge in [-0.15, -0.1) is 0 Å². The van der Waals surface area contributed by atoms with Gasteiger partial charge < -0.3 is 0 Å². The van der Waals surface area contributed by atoms with Gasteiger partial charge in [-0.2, -0.15) is 0 Å². The zero-order valence-electron chi connectivity index (χ0n) is 16.4. The summed E-state index contributed by atoms with van der Waals surface area (Å²) in [5, 5.41) is 0. The fraction of sp³-hybridized carbons (Fsp3) is 0.333. The van der Waals surface area contributed by atoms with Crippen LogP contribution in [0.2, 0.25) is 0 Å². The summed E-state index contributed by atoms with van der Waals surface area (Å²) in [6, 6.07) is 7.32. The molecule has 1 N–H and O–H groups in total. The third-order valence-electron chi connectivity index (χ3n) is 6.08. The number of benzene rings is 1. The molecular formula is C21H20N4O4S. The van der Waals surface area contributed by atoms with Crippen molar-refractivity contribution in [1.82, 2.24) is 9.97 Å². The predicted molar refractivity (Wildman–Crippen MR) is 109 cm³/mol. The summed E-state index contributed by atoms with van der Waals surface area (Å²) in [4.78, 5) is 35.2. The Labute approximate surface area is 174 Å². The largest absolute Gasteiger partial charge is 0.274 e. The number of aromatic nitrogens is 2. The molecule has 2 amide bonds. The van der Waals surface area contributed by atoms with Crippen molar-refractivity contribution in [3.8, 4) is 0 Å². The highest BCUT2D eigenvalue weighted by atomic mass is 32.2. The Bertz CT molecular complexity index is 1160. The second kappa shape index (κ2) is 6.46. The molecule has 30 heavy (non-hydrogen) atoms. The summed E-state index contributed by atoms with van der Waals surface area (Å²) in [6.45, 7) is 3.43. The Morgan fingerprint density at radius 1 is 0.967 bits per heavy atom. The van der Waals surface area contributed by atoms with E-state index in [-0.39, 0.29) is 46.2 Å². The van der Waals surface area contributed by atoms with E-state index in [1.165, 1.54) is 29.2 Å². The first-order chi connectivity index (χ1) is 14.2. The topological polar surface area (TPSA) is 109 Å². The van der Waals surface area contributed by atoms with E-state index in [2.05, 4.69) is 14.7 Å². The van der Waals surface area contributed by atoms with Crippen LogP contribution in [0.15, 0.2) is 47.4 Å². The van der Waals surface area contributed by atoms with Crippen molar-refractivity contribution in [3.05, 3.63) is 54.0 Å². The lowest BCUT2D eigenvalue weighted by molar-refractivity contribution is -0.123. The van der Waals surface area contributed by atoms with Crippen molar-refractivity contribution in [3.63, 3.8) is 0 Å². The highest BCUT2D eigenvalue weighted by molar-refractivity contribution is 7.92. The average molecular weight is 424 g/mol. The number of sulfonamides is 1. The minimum absolute atomic E-state index is 0.0150. The van der Waals surface area contributed by atoms with Crippen LogP contribution >= 0.6 is 0 Å². The number of allylic oxidation sites excluding steroid dienone is 2. The quantitative estimate of drug-likeness (QED) is 0.595. The second-order valence-corrected chi connectivity index (χ2v) is 9.74. The van der Waals surface area contributed by atoms with E-state index in [0.29, 0.717) is 17.2 Å². The average Bonchev–Trinajstić information content (AvgIpc) is 3.34. The summed E-state index contributed by atoms with van der Waals surface area (Å²) < 4.78 is 27.9. The van der Waals surface area contributed by atoms with Gasteiger partial charge in [0.05, 0.1) is 22.4 Å². The van der Waals surface area contributed by atoms with E-state index in [9.17, 15) is 18.0 Å². The van der Waals surface area contributed by atoms with Crippen LogP contribution in [0, 0.1) is 37.5 Å². The van der Waals surface area contributed by atoms with Gasteiger partial charge in [0.25, 0.3) is 10.0 Å². The fourth-order valence-corrected chi connectivity index (χ4v) is 5.89. The maximum absolute atomic E-state index is 12.9. The van der Waals surface area contributed by atoms with Crippen LogP contribution in [0.3, 0.4) is 0 Å². The van der Waals surface area contributed by atoms with Crippen LogP contribution in [0.25, 0.3) is 0 Å². The van der Waals surface area contributed by atoms with Gasteiger partial charge in [0.1, 0.15) is 11.6 Å². The van der Waals surface area contributed by atoms with E-state index in [4.69, 9.17) is 0 Å². The first-order valence-electron chi connectivity index (χ1n) is 9.76. The molecule has 0 unspecified atom stereocenters. The molecule has 9 heteroatoms. The van der Waals surface area contributed by atoms with Crippen LogP contribution in [0.5, 0.6) is 0 Å². The number of aryl methyl sites for hydroxylation is 2. The normalized spacial score (nSPS) is 27.1. The number of hydrogen-bond donors (Lipinski definition) is 1. The van der Waals surface area contributed by atoms with Crippen molar-refractivity contribution >= 4 is 33.3 Å². The van der Waals surface area contributed by atoms with Crippen molar-refractivity contribution in [2.24, 2.45) is 23.7 Å². The molecule has 1 aromatic carbocycles. The first kappa shape index (κ1) is 18.9. The zero-order chi connectivity index (χ0) is 21.2. The Balaban J connectivity index is 1.39. The van der Waals surface area contributed by atoms with Crippen molar-refractivity contribution in [1.29, 1.82) is 0 Å². The van der Waals surface area contributed by atoms with Gasteiger partial charge in [0.15, 0.2) is 0 Å². The van der Waals surface area contributed by atoms with Gasteiger partial charge >= 0.3 is 0 Å². The molecule has 1 saturated carbocycles. The molecule has 2 heterocycles. The molecule has 2 bridgehead atoms. The monoisotopic (exact) mass is 424 g/mol. The Morgan fingerprint density at radius 3 is 2.13 bits per heavy atom. The van der Waals surface area contributed by atoms with E-state index in [1.54, 1.807) is 19.9 Å². The van der Waals surface area contributed by atoms with Crippen LogP contribution in [0.4, 0.5) is 11.5 Å². The lowest BCUT2D eigenvalue weighted by atomic mass is 9.85. The number of carbonyl (C=O) groups excluding carboxylic acids is 2. The van der Waals surface area contributed by atoms with Gasteiger partial charge in [0.2, 0.25) is 11.8 Å². The molecule has 2 fully saturated rings. The number of anilines is 2. The molecule has 1 saturated heterocycles. The smallest absolute Gasteiger partial charge is 0.263 e. The molecule has 3 aliphatic rings. The lowest BCUT2D eigenvalue weighted by Crippen LogP contribution is -2.32. The second-order valence-electron chi connectivity index (χ2n) is 8.05.